The van der Waals surface area contributed by atoms with E-state index in [1.165, 1.54) is 6.07 Å². The van der Waals surface area contributed by atoms with Crippen LogP contribution >= 0.6 is 0 Å². The molecule has 0 aliphatic heterocycles. The van der Waals surface area contributed by atoms with Crippen LogP contribution in [-0.4, -0.2) is 31.0 Å². The second-order valence-electron chi connectivity index (χ2n) is 6.83. The van der Waals surface area contributed by atoms with Gasteiger partial charge in [0.05, 0.1) is 10.6 Å². The molecule has 9 nitrogen and oxygen atoms in total. The summed E-state index contributed by atoms with van der Waals surface area (Å²) in [5.41, 5.74) is 3.00. The van der Waals surface area contributed by atoms with E-state index in [9.17, 15) is 31.0 Å². The third-order valence-electron chi connectivity index (χ3n) is 4.67. The maximum absolute atomic E-state index is 11.7. The fourth-order valence-corrected chi connectivity index (χ4v) is 4.08. The second-order valence-corrected chi connectivity index (χ2v) is 9.64. The maximum Gasteiger partial charge on any atom is 1.00 e. The molecule has 0 aliphatic carbocycles. The van der Waals surface area contributed by atoms with Gasteiger partial charge < -0.3 is 7.96 Å². The minimum absolute atomic E-state index is 0. The first-order valence-electron chi connectivity index (χ1n) is 8.53. The van der Waals surface area contributed by atoms with E-state index in [1.54, 1.807) is 6.07 Å². The van der Waals surface area contributed by atoms with Crippen LogP contribution in [0.1, 0.15) is 19.5 Å². The van der Waals surface area contributed by atoms with Crippen LogP contribution in [0.2, 0.25) is 0 Å². The number of rotatable bonds is 4. The Balaban J connectivity index is 0. The third kappa shape index (κ3) is 6.17. The van der Waals surface area contributed by atoms with Crippen molar-refractivity contribution >= 4 is 42.4 Å². The van der Waals surface area contributed by atoms with Crippen molar-refractivity contribution in [2.45, 2.75) is 30.6 Å². The zero-order chi connectivity index (χ0) is 22.4. The fraction of sp³-hybridized carbons (Fsp3) is 0.158. The number of fused-ring (bicyclic) bond motifs is 1. The molecule has 0 aliphatic rings. The molecule has 13 heteroatoms. The Morgan fingerprint density at radius 2 is 1.38 bits per heavy atom. The number of aryl methyl sites for hydroxylation is 3. The number of nitrogens with zero attached hydrogens (tertiary/aromatic N) is 2. The van der Waals surface area contributed by atoms with Gasteiger partial charge in [0.25, 0.3) is 20.2 Å². The third-order valence-corrected chi connectivity index (χ3v) is 6.38. The number of azo groups is 1. The van der Waals surface area contributed by atoms with Crippen molar-refractivity contribution in [3.63, 3.8) is 0 Å². The predicted molar refractivity (Wildman–Crippen MR) is 112 cm³/mol. The van der Waals surface area contributed by atoms with Gasteiger partial charge >= 0.3 is 59.1 Å². The Kier molecular flexibility index (Phi) is 9.66. The van der Waals surface area contributed by atoms with Crippen LogP contribution < -0.4 is 59.1 Å². The molecule has 0 saturated heterocycles. The minimum atomic E-state index is -4.86. The molecule has 3 aromatic carbocycles. The van der Waals surface area contributed by atoms with E-state index < -0.39 is 35.8 Å². The topological polar surface area (TPSA) is 154 Å². The van der Waals surface area contributed by atoms with Crippen molar-refractivity contribution in [1.29, 1.82) is 0 Å². The average molecular weight is 498 g/mol. The van der Waals surface area contributed by atoms with Crippen LogP contribution in [0, 0.1) is 20.8 Å². The van der Waals surface area contributed by atoms with Crippen molar-refractivity contribution in [2.24, 2.45) is 10.2 Å². The molecular formula is C19H20N2Na2O7S2. The first kappa shape index (κ1) is 29.2. The van der Waals surface area contributed by atoms with E-state index in [0.29, 0.717) is 5.69 Å². The molecule has 0 heterocycles. The molecule has 0 amide bonds. The Hall–Kier alpha value is -0.860. The Morgan fingerprint density at radius 1 is 0.781 bits per heavy atom. The molecule has 0 fully saturated rings. The zero-order valence-corrected chi connectivity index (χ0v) is 23.8. The maximum atomic E-state index is 11.7. The zero-order valence-electron chi connectivity index (χ0n) is 20.1. The SMILES string of the molecule is Cc1cc(C)c(N=Nc2c(O)c(S(=O)(=O)O)cc3cc(S(=O)(=O)O)ccc23)cc1C.[H-].[H-].[Na+].[Na+]. The Morgan fingerprint density at radius 3 is 1.94 bits per heavy atom. The molecule has 0 radical (unpaired) electrons. The van der Waals surface area contributed by atoms with Crippen molar-refractivity contribution < 1.29 is 93.0 Å². The molecule has 3 rings (SSSR count). The number of benzene rings is 3. The van der Waals surface area contributed by atoms with E-state index >= 15 is 0 Å². The van der Waals surface area contributed by atoms with Gasteiger partial charge in [0, 0.05) is 5.39 Å². The summed E-state index contributed by atoms with van der Waals surface area (Å²) in [6, 6.07) is 7.87. The first-order valence-corrected chi connectivity index (χ1v) is 11.4. The average Bonchev–Trinajstić information content (AvgIpc) is 2.62. The van der Waals surface area contributed by atoms with Gasteiger partial charge in [0.1, 0.15) is 10.6 Å². The van der Waals surface area contributed by atoms with Crippen molar-refractivity contribution in [2.75, 3.05) is 0 Å². The molecule has 0 spiro atoms. The summed E-state index contributed by atoms with van der Waals surface area (Å²) < 4.78 is 64.9. The molecule has 0 bridgehead atoms. The summed E-state index contributed by atoms with van der Waals surface area (Å²) in [6.45, 7) is 5.63. The summed E-state index contributed by atoms with van der Waals surface area (Å²) in [5, 5.41) is 18.7. The van der Waals surface area contributed by atoms with Crippen LogP contribution in [0.3, 0.4) is 0 Å². The second kappa shape index (κ2) is 10.6. The molecule has 0 unspecified atom stereocenters. The number of phenolic OH excluding ortho intramolecular Hbond substituents is 1. The van der Waals surface area contributed by atoms with Crippen molar-refractivity contribution in [1.82, 2.24) is 0 Å². The van der Waals surface area contributed by atoms with Gasteiger partial charge in [-0.15, -0.1) is 5.11 Å². The van der Waals surface area contributed by atoms with Crippen molar-refractivity contribution in [3.8, 4) is 5.75 Å². The smallest absolute Gasteiger partial charge is 1.00 e. The Labute approximate surface area is 233 Å². The largest absolute Gasteiger partial charge is 1.00 e. The van der Waals surface area contributed by atoms with Gasteiger partial charge in [0.15, 0.2) is 5.75 Å². The van der Waals surface area contributed by atoms with Gasteiger partial charge in [-0.3, -0.25) is 9.11 Å². The van der Waals surface area contributed by atoms with E-state index in [4.69, 9.17) is 0 Å². The first-order chi connectivity index (χ1) is 13.8. The summed E-state index contributed by atoms with van der Waals surface area (Å²) in [4.78, 5) is -1.36. The minimum Gasteiger partial charge on any atom is -1.00 e. The monoisotopic (exact) mass is 498 g/mol. The summed E-state index contributed by atoms with van der Waals surface area (Å²) in [6.07, 6.45) is 0. The number of hydrogen-bond donors (Lipinski definition) is 3. The molecule has 3 N–H and O–H groups in total. The summed E-state index contributed by atoms with van der Waals surface area (Å²) >= 11 is 0. The summed E-state index contributed by atoms with van der Waals surface area (Å²) in [5.74, 6) is -0.838. The van der Waals surface area contributed by atoms with E-state index in [2.05, 4.69) is 10.2 Å². The van der Waals surface area contributed by atoms with E-state index in [-0.39, 0.29) is 78.4 Å². The number of aromatic hydroxyl groups is 1. The van der Waals surface area contributed by atoms with Gasteiger partial charge in [-0.1, -0.05) is 12.1 Å². The van der Waals surface area contributed by atoms with Crippen LogP contribution in [0.25, 0.3) is 10.8 Å². The number of hydrogen-bond acceptors (Lipinski definition) is 7. The molecule has 32 heavy (non-hydrogen) atoms. The van der Waals surface area contributed by atoms with Crippen LogP contribution in [0.5, 0.6) is 5.75 Å². The standard InChI is InChI=1S/C19H18N2O7S2.2Na.2H/c1-10-6-12(3)16(7-11(10)2)20-21-18-15-5-4-14(29(23,24)25)8-13(15)9-17(19(18)22)30(26,27)28;;;;/h4-9,22H,1-3H3,(H,23,24,25)(H,26,27,28);;;;/q;2*+1;2*-1. The normalized spacial score (nSPS) is 11.9. The van der Waals surface area contributed by atoms with Crippen LogP contribution in [0.15, 0.2) is 56.4 Å². The molecule has 162 valence electrons. The summed E-state index contributed by atoms with van der Waals surface area (Å²) in [7, 11) is -9.43. The van der Waals surface area contributed by atoms with Gasteiger partial charge in [0.2, 0.25) is 0 Å². The molecule has 0 aromatic heterocycles. The molecule has 0 saturated carbocycles. The van der Waals surface area contributed by atoms with Gasteiger partial charge in [-0.25, -0.2) is 0 Å². The van der Waals surface area contributed by atoms with Crippen LogP contribution in [0.4, 0.5) is 11.4 Å². The van der Waals surface area contributed by atoms with Crippen LogP contribution in [-0.2, 0) is 20.2 Å². The fourth-order valence-electron chi connectivity index (χ4n) is 2.94. The van der Waals surface area contributed by atoms with E-state index in [1.807, 2.05) is 26.8 Å². The van der Waals surface area contributed by atoms with Gasteiger partial charge in [-0.05, 0) is 67.1 Å². The molecular weight excluding hydrogens is 478 g/mol. The van der Waals surface area contributed by atoms with Crippen molar-refractivity contribution in [3.05, 3.63) is 53.1 Å². The molecule has 0 atom stereocenters. The Bertz CT molecular complexity index is 1450. The quantitative estimate of drug-likeness (QED) is 0.227. The predicted octanol–water partition coefficient (Wildman–Crippen LogP) is -1.39. The van der Waals surface area contributed by atoms with Gasteiger partial charge in [-0.2, -0.15) is 21.9 Å². The van der Waals surface area contributed by atoms with E-state index in [0.717, 1.165) is 34.9 Å². The molecule has 3 aromatic rings. The number of phenols is 1.